The highest BCUT2D eigenvalue weighted by Crippen LogP contribution is 2.31. The molecule has 5 aromatic rings. The van der Waals surface area contributed by atoms with Crippen molar-refractivity contribution in [3.05, 3.63) is 136 Å². The van der Waals surface area contributed by atoms with Crippen molar-refractivity contribution < 1.29 is 118 Å². The van der Waals surface area contributed by atoms with Gasteiger partial charge in [0, 0.05) is 89.1 Å². The van der Waals surface area contributed by atoms with Crippen LogP contribution < -0.4 is 84.3 Å². The lowest BCUT2D eigenvalue weighted by Crippen LogP contribution is -2.78. The van der Waals surface area contributed by atoms with Gasteiger partial charge in [-0.25, -0.2) is 14.4 Å². The average Bonchev–Trinajstić information content (AvgIpc) is 0.820. The molecule has 0 saturated carbocycles. The van der Waals surface area contributed by atoms with Crippen molar-refractivity contribution in [3.8, 4) is 39.5 Å². The second-order valence-corrected chi connectivity index (χ2v) is 34.9. The lowest BCUT2D eigenvalue weighted by atomic mass is 9.97. The molecule has 5 aromatic carbocycles. The molecule has 8 atom stereocenters. The highest BCUT2D eigenvalue weighted by Gasteiger charge is 2.34. The van der Waals surface area contributed by atoms with Crippen LogP contribution in [0.15, 0.2) is 120 Å². The van der Waals surface area contributed by atoms with Gasteiger partial charge in [0.1, 0.15) is 66.3 Å². The minimum absolute atomic E-state index is 0.0236. The zero-order valence-corrected chi connectivity index (χ0v) is 87.3. The smallest absolute Gasteiger partial charge is 0.341 e. The number of carbonyl (C=O) groups excluding carboxylic acids is 6. The summed E-state index contributed by atoms with van der Waals surface area (Å²) >= 11 is 3.36. The largest absolute Gasteiger partial charge is 0.491 e. The van der Waals surface area contributed by atoms with Crippen LogP contribution in [-0.2, 0) is 47.8 Å². The number of nitrogens with two attached hydrogens (primary N) is 2. The maximum Gasteiger partial charge on any atom is 0.341 e. The molecule has 0 bridgehead atoms. The van der Waals surface area contributed by atoms with E-state index in [1.165, 1.54) is 31.3 Å². The van der Waals surface area contributed by atoms with Crippen molar-refractivity contribution in [2.75, 3.05) is 240 Å². The molecule has 7 unspecified atom stereocenters. The van der Waals surface area contributed by atoms with E-state index < -0.39 is 122 Å². The van der Waals surface area contributed by atoms with Crippen LogP contribution in [0.1, 0.15) is 118 Å². The van der Waals surface area contributed by atoms with Gasteiger partial charge >= 0.3 is 47.7 Å². The van der Waals surface area contributed by atoms with Crippen LogP contribution in [0, 0.1) is 5.92 Å². The number of carboxylic acids is 5. The number of nitrogens with zero attached hydrogens (tertiary/aromatic N) is 7. The first-order chi connectivity index (χ1) is 67.9. The number of methoxy groups -OCH3 is 2. The summed E-state index contributed by atoms with van der Waals surface area (Å²) in [4.78, 5) is 155. The fourth-order valence-corrected chi connectivity index (χ4v) is 15.1. The first kappa shape index (κ1) is 127. The van der Waals surface area contributed by atoms with Crippen LogP contribution in [0.4, 0.5) is 0 Å². The Morgan fingerprint density at radius 2 is 0.958 bits per heavy atom. The molecule has 0 heterocycles. The van der Waals surface area contributed by atoms with Crippen molar-refractivity contribution in [2.24, 2.45) is 17.4 Å². The number of unbranched alkanes of at least 4 members (excludes halogenated alkanes) is 1. The summed E-state index contributed by atoms with van der Waals surface area (Å²) in [6.07, 6.45) is 1.95. The number of hydrogen-bond donors (Lipinski definition) is 19. The Morgan fingerprint density at radius 3 is 1.44 bits per heavy atom. The summed E-state index contributed by atoms with van der Waals surface area (Å²) in [6.45, 7) is 26.2. The molecule has 0 aliphatic heterocycles. The number of likely N-dealkylation sites (N-methyl/N-ethyl adjacent to an activating group) is 9. The lowest BCUT2D eigenvalue weighted by Gasteiger charge is -2.34. The summed E-state index contributed by atoms with van der Waals surface area (Å²) in [5.74, 6) is -9.78. The Hall–Kier alpha value is -11.1. The lowest BCUT2D eigenvalue weighted by molar-refractivity contribution is -0.459. The Labute approximate surface area is 845 Å². The van der Waals surface area contributed by atoms with E-state index in [4.69, 9.17) is 40.3 Å². The van der Waals surface area contributed by atoms with Crippen molar-refractivity contribution in [1.29, 1.82) is 0 Å². The molecule has 0 aliphatic carbocycles. The average molecular weight is 2070 g/mol. The predicted octanol–water partition coefficient (Wildman–Crippen LogP) is 0.459. The summed E-state index contributed by atoms with van der Waals surface area (Å²) in [5, 5.41) is 81.9. The number of ether oxygens (including phenoxy) is 5. The number of aliphatic hydroxyl groups is 1. The van der Waals surface area contributed by atoms with E-state index in [0.717, 1.165) is 112 Å². The summed E-state index contributed by atoms with van der Waals surface area (Å²) in [5.41, 5.74) is 18.8. The second kappa shape index (κ2) is 73.9. The monoisotopic (exact) mass is 2060 g/mol. The van der Waals surface area contributed by atoms with E-state index in [1.807, 2.05) is 82.8 Å². The van der Waals surface area contributed by atoms with Crippen LogP contribution in [0.2, 0.25) is 0 Å². The fraction of sp³-hybridized carbons (Fsp3) is 0.576. The van der Waals surface area contributed by atoms with Gasteiger partial charge < -0.3 is 122 Å². The molecule has 42 nitrogen and oxygen atoms in total. The van der Waals surface area contributed by atoms with Crippen LogP contribution in [-0.4, -0.2) is 419 Å². The third-order valence-electron chi connectivity index (χ3n) is 23.2. The minimum Gasteiger partial charge on any atom is -0.491 e. The number of aliphatic hydroxyl groups excluding tert-OH is 1. The van der Waals surface area contributed by atoms with E-state index in [2.05, 4.69) is 148 Å². The third-order valence-corrected chi connectivity index (χ3v) is 23.7. The fourth-order valence-electron chi connectivity index (χ4n) is 14.7. The Morgan fingerprint density at radius 1 is 0.486 bits per heavy atom. The highest BCUT2D eigenvalue weighted by atomic mass is 79.9. The molecule has 0 fully saturated rings. The van der Waals surface area contributed by atoms with E-state index in [9.17, 15) is 78.3 Å². The molecule has 0 aliphatic rings. The van der Waals surface area contributed by atoms with Gasteiger partial charge in [-0.3, -0.25) is 74.8 Å². The maximum absolute atomic E-state index is 14.0. The number of rotatable bonds is 70. The molecule has 23 N–H and O–H groups in total. The molecule has 0 radical (unpaired) electrons. The van der Waals surface area contributed by atoms with Crippen LogP contribution in [0.3, 0.4) is 0 Å². The number of benzene rings is 5. The standard InChI is InChI=1S/C46H69N11O15.C29H45N3O3.C16H26BrN3O3.C8H21N3O/c1-3-28(2)41(44(69)53-33(13-9-17-50-46(48)49)43(68)54-34(45(70)71)12-7-8-16-47)55-36(58)21-52-42(67)32-20-30(29-10-5-4-6-11-29)14-15-35(32)72-27-31(51-22-37(59)60)23-56(24-38(61)62)18-19-57(25-39(63)64)26-40(65)66;1-7-30(8-2)19-20-31(9-3)22-26(32(10-4)11-5)23-35-28-18-17-25(21-27(28)29(33)34-6)24-15-13-12-14-16-24;1-18-7-8-20(3)10-13(19-2)11-23-15-6-5-12(17)9-14(15)16(21)22-4;1-9-4-5-11(3)6-8(7-12)10-2/h4-6,10-11,14-15,20,28,31,33-34,41,51H,3,7-9,12-13,16-19,21-27,47H2,1-2H3,(H,52,67)(H,53,69)(H,54,68)(H,55,58)(H,59,60)(H,61,62)(H,63,64)(H,65,66)(H,70,71)(H4,48,49,50);12-18,21,26H,7-11,19-20,22-23H2,1-6H3;5-6,9,13,18-19H,7-8,10-11H2,1-4H3;8-10,12H,4-7H2,1-3H3/p+2/t28?,31-,33?,34?,41?;;;/m1.../s1. The number of carboxylic acid groups (broad SMARTS) is 5. The van der Waals surface area contributed by atoms with Gasteiger partial charge in [-0.05, 0) is 178 Å². The van der Waals surface area contributed by atoms with Gasteiger partial charge in [0.2, 0.25) is 17.7 Å². The zero-order valence-electron chi connectivity index (χ0n) is 85.7. The highest BCUT2D eigenvalue weighted by molar-refractivity contribution is 9.10. The van der Waals surface area contributed by atoms with E-state index >= 15 is 0 Å². The molecule has 5 rings (SSSR count). The molecule has 43 heteroatoms. The van der Waals surface area contributed by atoms with Gasteiger partial charge in [-0.2, -0.15) is 0 Å². The molecule has 142 heavy (non-hydrogen) atoms. The van der Waals surface area contributed by atoms with Crippen LogP contribution >= 0.6 is 15.9 Å². The molecule has 0 spiro atoms. The van der Waals surface area contributed by atoms with E-state index in [1.54, 1.807) is 62.4 Å². The summed E-state index contributed by atoms with van der Waals surface area (Å²) in [6, 6.07) is 30.6. The Balaban J connectivity index is 0.000000790. The SMILES string of the molecule is CCC(C)C(NC(=O)CNC(=O)c1cc(-c2ccccc2)ccc1OC[C@@H](CN(CCN(CC(=O)O)CC(=O)O)CC(=O)O)NCC(=O)O)C(=O)NC(CCC[NH+]=C(N)N)C(=O)NC(CCCC[NH3+])C(=O)O.CCN(CC)CCN(CC)CC(COc1ccc(-c2ccccc2)cc1C(=O)OC)N(CC)CC.CNCCN(C)CC(CO)NC.CNCCN(C)CC(COc1ccc(Br)cc1C(=O)OC)NC. The Kier molecular flexibility index (Phi) is 66.0. The number of esters is 2. The number of amides is 4. The second-order valence-electron chi connectivity index (χ2n) is 33.9. The van der Waals surface area contributed by atoms with Crippen molar-refractivity contribution >= 4 is 87.3 Å². The first-order valence-corrected chi connectivity index (χ1v) is 49.1. The predicted molar refractivity (Wildman–Crippen MR) is 550 cm³/mol. The molecule has 4 amide bonds. The minimum atomic E-state index is -1.31. The van der Waals surface area contributed by atoms with Gasteiger partial charge in [-0.15, -0.1) is 0 Å². The van der Waals surface area contributed by atoms with Gasteiger partial charge in [0.15, 0.2) is 0 Å². The molecule has 0 aromatic heterocycles. The first-order valence-electron chi connectivity index (χ1n) is 48.3. The number of halogens is 1. The summed E-state index contributed by atoms with van der Waals surface area (Å²) in [7, 11) is 14.5. The van der Waals surface area contributed by atoms with Crippen molar-refractivity contribution in [3.63, 3.8) is 0 Å². The number of hydrogen-bond acceptors (Lipinski definition) is 29. The van der Waals surface area contributed by atoms with E-state index in [-0.39, 0.29) is 100 Å². The molecule has 796 valence electrons. The quantitative estimate of drug-likeness (QED) is 0.0109. The third kappa shape index (κ3) is 52.2. The van der Waals surface area contributed by atoms with E-state index in [0.29, 0.717) is 72.8 Å². The number of carbonyl (C=O) groups is 11. The number of nitrogens with one attached hydrogen (secondary N) is 10. The van der Waals surface area contributed by atoms with Crippen LogP contribution in [0.25, 0.3) is 22.3 Å². The van der Waals surface area contributed by atoms with Gasteiger partial charge in [-0.1, -0.05) is 144 Å². The normalized spacial score (nSPS) is 12.9. The summed E-state index contributed by atoms with van der Waals surface area (Å²) < 4.78 is 29.0. The molecule has 0 saturated heterocycles. The molecular weight excluding hydrogens is 1900 g/mol. The van der Waals surface area contributed by atoms with Crippen LogP contribution in [0.5, 0.6) is 17.2 Å². The van der Waals surface area contributed by atoms with Crippen molar-refractivity contribution in [1.82, 2.24) is 82.2 Å². The Bertz CT molecular complexity index is 4510. The maximum atomic E-state index is 14.0. The topological polar surface area (TPSA) is 580 Å². The molecular formula is C99H163BrN20O22+2. The number of quaternary nitrogens is 1. The van der Waals surface area contributed by atoms with Gasteiger partial charge in [0.25, 0.3) is 5.91 Å². The zero-order chi connectivity index (χ0) is 106. The van der Waals surface area contributed by atoms with Gasteiger partial charge in [0.05, 0.1) is 90.3 Å². The van der Waals surface area contributed by atoms with Crippen molar-refractivity contribution in [2.45, 2.75) is 129 Å². The number of aliphatic carboxylic acids is 5. The number of guanidine groups is 1.